The van der Waals surface area contributed by atoms with Crippen molar-refractivity contribution in [3.8, 4) is 0 Å². The van der Waals surface area contributed by atoms with Crippen molar-refractivity contribution in [2.75, 3.05) is 10.8 Å². The van der Waals surface area contributed by atoms with E-state index in [4.69, 9.17) is 11.6 Å². The van der Waals surface area contributed by atoms with Crippen molar-refractivity contribution in [1.29, 1.82) is 0 Å². The monoisotopic (exact) mass is 519 g/mol. The Morgan fingerprint density at radius 3 is 2.45 bits per heavy atom. The minimum Gasteiger partial charge on any atom is -0.271 e. The van der Waals surface area contributed by atoms with Crippen LogP contribution in [0.2, 0.25) is 5.02 Å². The van der Waals surface area contributed by atoms with E-state index < -0.39 is 22.5 Å². The summed E-state index contributed by atoms with van der Waals surface area (Å²) in [6.07, 6.45) is 1.48. The van der Waals surface area contributed by atoms with Gasteiger partial charge in [-0.15, -0.1) is 0 Å². The number of anilines is 1. The molecule has 0 aromatic heterocycles. The summed E-state index contributed by atoms with van der Waals surface area (Å²) in [5.74, 6) is -0.586. The summed E-state index contributed by atoms with van der Waals surface area (Å²) in [5, 5.41) is 4.42. The highest BCUT2D eigenvalue weighted by atomic mass is 79.9. The Bertz CT molecular complexity index is 1220. The lowest BCUT2D eigenvalue weighted by molar-refractivity contribution is -0.119. The summed E-state index contributed by atoms with van der Waals surface area (Å²) in [7, 11) is -4.00. The molecule has 0 bridgehead atoms. The summed E-state index contributed by atoms with van der Waals surface area (Å²) >= 11 is 9.43. The van der Waals surface area contributed by atoms with E-state index in [1.54, 1.807) is 43.3 Å². The summed E-state index contributed by atoms with van der Waals surface area (Å²) in [6.45, 7) is 1.28. The molecule has 0 saturated heterocycles. The molecule has 6 nitrogen and oxygen atoms in total. The van der Waals surface area contributed by atoms with Gasteiger partial charge in [-0.25, -0.2) is 13.8 Å². The smallest absolute Gasteiger partial charge is 0.264 e. The largest absolute Gasteiger partial charge is 0.271 e. The van der Waals surface area contributed by atoms with Crippen LogP contribution in [-0.2, 0) is 14.8 Å². The van der Waals surface area contributed by atoms with Crippen molar-refractivity contribution < 1.29 is 13.2 Å². The first kappa shape index (κ1) is 23.0. The van der Waals surface area contributed by atoms with Crippen LogP contribution in [0.5, 0.6) is 0 Å². The molecule has 3 aromatic carbocycles. The van der Waals surface area contributed by atoms with E-state index in [0.717, 1.165) is 14.3 Å². The maximum absolute atomic E-state index is 13.3. The maximum atomic E-state index is 13.3. The average molecular weight is 521 g/mol. The molecule has 0 radical (unpaired) electrons. The van der Waals surface area contributed by atoms with Gasteiger partial charge in [-0.3, -0.25) is 9.10 Å². The van der Waals surface area contributed by atoms with Gasteiger partial charge in [0.25, 0.3) is 15.9 Å². The van der Waals surface area contributed by atoms with Crippen molar-refractivity contribution in [1.82, 2.24) is 5.43 Å². The van der Waals surface area contributed by atoms with E-state index in [-0.39, 0.29) is 4.90 Å². The molecule has 0 spiro atoms. The standard InChI is InChI=1S/C22H19BrClN3O3S/c1-16-13-18(24)11-12-21(16)27(31(29,30)19-8-3-2-4-9-19)15-22(28)26-25-14-17-7-5-6-10-20(17)23/h2-14H,15H2,1H3,(H,26,28)/b25-14+. The third-order valence-corrected chi connectivity index (χ3v) is 7.08. The van der Waals surface area contributed by atoms with Crippen LogP contribution in [0.1, 0.15) is 11.1 Å². The van der Waals surface area contributed by atoms with Gasteiger partial charge < -0.3 is 0 Å². The molecular weight excluding hydrogens is 502 g/mol. The minimum absolute atomic E-state index is 0.0777. The van der Waals surface area contributed by atoms with Crippen molar-refractivity contribution >= 4 is 55.4 Å². The van der Waals surface area contributed by atoms with Gasteiger partial charge in [0, 0.05) is 15.1 Å². The quantitative estimate of drug-likeness (QED) is 0.360. The fourth-order valence-electron chi connectivity index (χ4n) is 2.84. The van der Waals surface area contributed by atoms with Gasteiger partial charge in [-0.05, 0) is 48.9 Å². The Balaban J connectivity index is 1.88. The number of hydrogen-bond acceptors (Lipinski definition) is 4. The fraction of sp³-hybridized carbons (Fsp3) is 0.0909. The summed E-state index contributed by atoms with van der Waals surface area (Å²) in [5.41, 5.74) is 4.14. The summed E-state index contributed by atoms with van der Waals surface area (Å²) in [4.78, 5) is 12.7. The number of nitrogens with zero attached hydrogens (tertiary/aromatic N) is 2. The highest BCUT2D eigenvalue weighted by Gasteiger charge is 2.28. The third kappa shape index (κ3) is 5.72. The van der Waals surface area contributed by atoms with Crippen molar-refractivity contribution in [3.05, 3.63) is 93.4 Å². The maximum Gasteiger partial charge on any atom is 0.264 e. The lowest BCUT2D eigenvalue weighted by Gasteiger charge is -2.25. The second kappa shape index (κ2) is 10.1. The number of carbonyl (C=O) groups is 1. The molecule has 9 heteroatoms. The van der Waals surface area contributed by atoms with Gasteiger partial charge in [-0.2, -0.15) is 5.10 Å². The fourth-order valence-corrected chi connectivity index (χ4v) is 4.96. The zero-order valence-corrected chi connectivity index (χ0v) is 19.7. The number of carbonyl (C=O) groups excluding carboxylic acids is 1. The molecule has 0 aliphatic rings. The first-order chi connectivity index (χ1) is 14.8. The number of amides is 1. The van der Waals surface area contributed by atoms with Gasteiger partial charge in [0.15, 0.2) is 0 Å². The Hall–Kier alpha value is -2.68. The molecule has 0 aliphatic carbocycles. The first-order valence-corrected chi connectivity index (χ1v) is 11.8. The number of benzene rings is 3. The van der Waals surface area contributed by atoms with Crippen molar-refractivity contribution in [2.45, 2.75) is 11.8 Å². The SMILES string of the molecule is Cc1cc(Cl)ccc1N(CC(=O)N/N=C/c1ccccc1Br)S(=O)(=O)c1ccccc1. The molecule has 3 aromatic rings. The molecule has 0 aliphatic heterocycles. The van der Waals surface area contributed by atoms with E-state index in [9.17, 15) is 13.2 Å². The molecule has 0 fully saturated rings. The number of aryl methyl sites for hydroxylation is 1. The Kier molecular flexibility index (Phi) is 7.48. The van der Waals surface area contributed by atoms with Gasteiger partial charge >= 0.3 is 0 Å². The molecule has 3 rings (SSSR count). The number of hydrogen-bond donors (Lipinski definition) is 1. The van der Waals surface area contributed by atoms with Crippen LogP contribution < -0.4 is 9.73 Å². The van der Waals surface area contributed by atoms with Crippen LogP contribution in [-0.4, -0.2) is 27.1 Å². The summed E-state index contributed by atoms with van der Waals surface area (Å²) < 4.78 is 28.5. The van der Waals surface area contributed by atoms with Gasteiger partial charge in [0.1, 0.15) is 6.54 Å². The van der Waals surface area contributed by atoms with Crippen LogP contribution in [0, 0.1) is 6.92 Å². The van der Waals surface area contributed by atoms with Crippen molar-refractivity contribution in [3.63, 3.8) is 0 Å². The Morgan fingerprint density at radius 1 is 1.10 bits per heavy atom. The highest BCUT2D eigenvalue weighted by molar-refractivity contribution is 9.10. The Morgan fingerprint density at radius 2 is 1.77 bits per heavy atom. The third-order valence-electron chi connectivity index (χ3n) is 4.34. The number of hydrazone groups is 1. The molecule has 1 N–H and O–H groups in total. The lowest BCUT2D eigenvalue weighted by atomic mass is 10.2. The zero-order chi connectivity index (χ0) is 22.4. The first-order valence-electron chi connectivity index (χ1n) is 9.19. The highest BCUT2D eigenvalue weighted by Crippen LogP contribution is 2.28. The number of nitrogens with one attached hydrogen (secondary N) is 1. The minimum atomic E-state index is -4.00. The summed E-state index contributed by atoms with van der Waals surface area (Å²) in [6, 6.07) is 20.1. The number of halogens is 2. The Labute approximate surface area is 194 Å². The van der Waals surface area contributed by atoms with Crippen LogP contribution >= 0.6 is 27.5 Å². The number of sulfonamides is 1. The predicted molar refractivity (Wildman–Crippen MR) is 127 cm³/mol. The van der Waals surface area contributed by atoms with E-state index in [2.05, 4.69) is 26.5 Å². The van der Waals surface area contributed by atoms with E-state index in [1.165, 1.54) is 18.3 Å². The molecule has 0 heterocycles. The topological polar surface area (TPSA) is 78.8 Å². The molecule has 1 amide bonds. The van der Waals surface area contributed by atoms with Crippen LogP contribution in [0.3, 0.4) is 0 Å². The second-order valence-corrected chi connectivity index (χ2v) is 9.72. The van der Waals surface area contributed by atoms with Crippen LogP contribution in [0.4, 0.5) is 5.69 Å². The molecule has 0 saturated carbocycles. The lowest BCUT2D eigenvalue weighted by Crippen LogP contribution is -2.40. The van der Waals surface area contributed by atoms with Crippen molar-refractivity contribution in [2.24, 2.45) is 5.10 Å². The van der Waals surface area contributed by atoms with E-state index in [0.29, 0.717) is 16.3 Å². The predicted octanol–water partition coefficient (Wildman–Crippen LogP) is 4.76. The number of rotatable bonds is 7. The van der Waals surface area contributed by atoms with Crippen LogP contribution in [0.15, 0.2) is 87.3 Å². The van der Waals surface area contributed by atoms with E-state index in [1.807, 2.05) is 24.3 Å². The van der Waals surface area contributed by atoms with Gasteiger partial charge in [0.2, 0.25) is 0 Å². The van der Waals surface area contributed by atoms with Gasteiger partial charge in [-0.1, -0.05) is 63.9 Å². The van der Waals surface area contributed by atoms with Gasteiger partial charge in [0.05, 0.1) is 16.8 Å². The molecule has 0 atom stereocenters. The second-order valence-electron chi connectivity index (χ2n) is 6.57. The average Bonchev–Trinajstić information content (AvgIpc) is 2.74. The molecule has 0 unspecified atom stereocenters. The molecule has 160 valence electrons. The molecule has 31 heavy (non-hydrogen) atoms. The normalized spacial score (nSPS) is 11.5. The van der Waals surface area contributed by atoms with Crippen LogP contribution in [0.25, 0.3) is 0 Å². The zero-order valence-electron chi connectivity index (χ0n) is 16.5. The molecular formula is C22H19BrClN3O3S. The van der Waals surface area contributed by atoms with E-state index >= 15 is 0 Å².